The van der Waals surface area contributed by atoms with Crippen LogP contribution in [0.2, 0.25) is 0 Å². The summed E-state index contributed by atoms with van der Waals surface area (Å²) < 4.78 is 26.7. The summed E-state index contributed by atoms with van der Waals surface area (Å²) in [5.74, 6) is 1.33. The largest absolute Gasteiger partial charge is 0.493 e. The summed E-state index contributed by atoms with van der Waals surface area (Å²) in [7, 11) is 1.61. The molecule has 2 heterocycles. The Morgan fingerprint density at radius 2 is 1.85 bits per heavy atom. The summed E-state index contributed by atoms with van der Waals surface area (Å²) in [6.07, 6.45) is 2.33. The molecular formula is C24H30BrFN6O2. The van der Waals surface area contributed by atoms with Crippen LogP contribution in [-0.2, 0) is 0 Å². The van der Waals surface area contributed by atoms with Gasteiger partial charge in [0, 0.05) is 61.7 Å². The zero-order chi connectivity index (χ0) is 23.8. The van der Waals surface area contributed by atoms with Gasteiger partial charge in [-0.2, -0.15) is 0 Å². The predicted octanol–water partition coefficient (Wildman–Crippen LogP) is 3.55. The van der Waals surface area contributed by atoms with E-state index in [4.69, 9.17) is 9.47 Å². The van der Waals surface area contributed by atoms with E-state index in [0.29, 0.717) is 39.6 Å². The summed E-state index contributed by atoms with van der Waals surface area (Å²) in [6, 6.07) is 8.50. The van der Waals surface area contributed by atoms with Gasteiger partial charge in [-0.25, -0.2) is 14.4 Å². The van der Waals surface area contributed by atoms with E-state index in [9.17, 15) is 4.39 Å². The van der Waals surface area contributed by atoms with Crippen molar-refractivity contribution < 1.29 is 13.9 Å². The molecule has 0 spiro atoms. The van der Waals surface area contributed by atoms with E-state index < -0.39 is 0 Å². The van der Waals surface area contributed by atoms with Gasteiger partial charge >= 0.3 is 0 Å². The van der Waals surface area contributed by atoms with Gasteiger partial charge < -0.3 is 30.3 Å². The molecule has 0 amide bonds. The highest BCUT2D eigenvalue weighted by atomic mass is 79.9. The fourth-order valence-electron chi connectivity index (χ4n) is 3.86. The molecule has 8 nitrogen and oxygen atoms in total. The highest BCUT2D eigenvalue weighted by molar-refractivity contribution is 9.10. The zero-order valence-corrected chi connectivity index (χ0v) is 20.8. The van der Waals surface area contributed by atoms with Gasteiger partial charge in [-0.1, -0.05) is 15.9 Å². The van der Waals surface area contributed by atoms with Crippen molar-refractivity contribution in [1.29, 1.82) is 0 Å². The molecule has 4 rings (SSSR count). The van der Waals surface area contributed by atoms with Crippen LogP contribution in [0.5, 0.6) is 11.5 Å². The van der Waals surface area contributed by atoms with E-state index in [0.717, 1.165) is 57.6 Å². The maximum absolute atomic E-state index is 14.4. The van der Waals surface area contributed by atoms with Crippen molar-refractivity contribution in [1.82, 2.24) is 25.5 Å². The van der Waals surface area contributed by atoms with E-state index in [1.54, 1.807) is 19.2 Å². The Bertz CT molecular complexity index is 1090. The van der Waals surface area contributed by atoms with Crippen molar-refractivity contribution in [2.24, 2.45) is 0 Å². The Morgan fingerprint density at radius 1 is 1.06 bits per heavy atom. The van der Waals surface area contributed by atoms with Gasteiger partial charge in [0.2, 0.25) is 0 Å². The molecule has 2 aromatic carbocycles. The first-order valence-electron chi connectivity index (χ1n) is 11.5. The van der Waals surface area contributed by atoms with Crippen molar-refractivity contribution >= 4 is 38.3 Å². The first-order valence-corrected chi connectivity index (χ1v) is 12.2. The SMILES string of the molecule is COc1cc2ncnc(Nc3ccc(Br)cc3F)c2cc1OCCCN1CCNCCNCC1. The third-order valence-corrected chi connectivity index (χ3v) is 6.16. The number of fused-ring (bicyclic) bond motifs is 1. The number of nitrogens with one attached hydrogen (secondary N) is 3. The lowest BCUT2D eigenvalue weighted by Crippen LogP contribution is -2.35. The van der Waals surface area contributed by atoms with E-state index in [1.807, 2.05) is 12.1 Å². The van der Waals surface area contributed by atoms with Gasteiger partial charge in [-0.15, -0.1) is 0 Å². The lowest BCUT2D eigenvalue weighted by molar-refractivity contribution is 0.233. The fraction of sp³-hybridized carbons (Fsp3) is 0.417. The molecule has 182 valence electrons. The molecule has 1 aliphatic rings. The minimum absolute atomic E-state index is 0.328. The smallest absolute Gasteiger partial charge is 0.162 e. The highest BCUT2D eigenvalue weighted by Gasteiger charge is 2.14. The molecule has 0 bridgehead atoms. The second kappa shape index (κ2) is 12.3. The van der Waals surface area contributed by atoms with Gasteiger partial charge in [0.1, 0.15) is 18.0 Å². The fourth-order valence-corrected chi connectivity index (χ4v) is 4.19. The van der Waals surface area contributed by atoms with Crippen LogP contribution in [-0.4, -0.2) is 74.4 Å². The van der Waals surface area contributed by atoms with Crippen LogP contribution < -0.4 is 25.4 Å². The Kier molecular flexibility index (Phi) is 8.86. The number of hydrogen-bond donors (Lipinski definition) is 3. The predicted molar refractivity (Wildman–Crippen MR) is 136 cm³/mol. The average molecular weight is 533 g/mol. The minimum atomic E-state index is -0.378. The minimum Gasteiger partial charge on any atom is -0.493 e. The van der Waals surface area contributed by atoms with Gasteiger partial charge in [0.05, 0.1) is 24.9 Å². The molecule has 0 aliphatic carbocycles. The number of rotatable bonds is 8. The average Bonchev–Trinajstić information content (AvgIpc) is 2.97. The normalized spacial score (nSPS) is 15.4. The lowest BCUT2D eigenvalue weighted by Gasteiger charge is -2.21. The molecule has 3 aromatic rings. The maximum atomic E-state index is 14.4. The van der Waals surface area contributed by atoms with Crippen LogP contribution in [0.1, 0.15) is 6.42 Å². The Balaban J connectivity index is 1.45. The zero-order valence-electron chi connectivity index (χ0n) is 19.2. The molecule has 1 aromatic heterocycles. The molecule has 0 unspecified atom stereocenters. The second-order valence-electron chi connectivity index (χ2n) is 8.04. The van der Waals surface area contributed by atoms with Crippen LogP contribution in [0.4, 0.5) is 15.9 Å². The highest BCUT2D eigenvalue weighted by Crippen LogP contribution is 2.35. The first-order chi connectivity index (χ1) is 16.6. The molecular weight excluding hydrogens is 503 g/mol. The van der Waals surface area contributed by atoms with Gasteiger partial charge in [0.15, 0.2) is 11.5 Å². The van der Waals surface area contributed by atoms with Gasteiger partial charge in [-0.3, -0.25) is 0 Å². The van der Waals surface area contributed by atoms with Crippen LogP contribution in [0, 0.1) is 5.82 Å². The molecule has 0 saturated carbocycles. The molecule has 0 atom stereocenters. The van der Waals surface area contributed by atoms with Gasteiger partial charge in [0.25, 0.3) is 0 Å². The number of methoxy groups -OCH3 is 1. The molecule has 1 aliphatic heterocycles. The van der Waals surface area contributed by atoms with Crippen molar-refractivity contribution in [2.75, 3.05) is 64.8 Å². The van der Waals surface area contributed by atoms with Crippen molar-refractivity contribution in [2.45, 2.75) is 6.42 Å². The van der Waals surface area contributed by atoms with E-state index in [1.165, 1.54) is 12.4 Å². The summed E-state index contributed by atoms with van der Waals surface area (Å²) >= 11 is 3.28. The van der Waals surface area contributed by atoms with Crippen molar-refractivity contribution in [3.63, 3.8) is 0 Å². The summed E-state index contributed by atoms with van der Waals surface area (Å²) in [6.45, 7) is 7.57. The first kappa shape index (κ1) is 24.6. The Morgan fingerprint density at radius 3 is 2.59 bits per heavy atom. The third-order valence-electron chi connectivity index (χ3n) is 5.67. The number of anilines is 2. The monoisotopic (exact) mass is 532 g/mol. The Hall–Kier alpha value is -2.53. The Labute approximate surface area is 207 Å². The molecule has 0 radical (unpaired) electrons. The summed E-state index contributed by atoms with van der Waals surface area (Å²) in [4.78, 5) is 11.1. The van der Waals surface area contributed by atoms with Crippen molar-refractivity contribution in [3.8, 4) is 11.5 Å². The van der Waals surface area contributed by atoms with Gasteiger partial charge in [-0.05, 0) is 30.7 Å². The second-order valence-corrected chi connectivity index (χ2v) is 8.95. The van der Waals surface area contributed by atoms with Crippen LogP contribution in [0.15, 0.2) is 41.1 Å². The van der Waals surface area contributed by atoms with E-state index in [-0.39, 0.29) is 5.82 Å². The number of halogens is 2. The lowest BCUT2D eigenvalue weighted by atomic mass is 10.2. The number of hydrogen-bond acceptors (Lipinski definition) is 8. The van der Waals surface area contributed by atoms with E-state index >= 15 is 0 Å². The van der Waals surface area contributed by atoms with Crippen LogP contribution >= 0.6 is 15.9 Å². The number of aromatic nitrogens is 2. The van der Waals surface area contributed by atoms with Crippen LogP contribution in [0.3, 0.4) is 0 Å². The topological polar surface area (TPSA) is 83.6 Å². The molecule has 3 N–H and O–H groups in total. The third kappa shape index (κ3) is 6.53. The number of benzene rings is 2. The van der Waals surface area contributed by atoms with Crippen molar-refractivity contribution in [3.05, 3.63) is 46.9 Å². The van der Waals surface area contributed by atoms with Crippen LogP contribution in [0.25, 0.3) is 10.9 Å². The number of ether oxygens (including phenoxy) is 2. The molecule has 1 saturated heterocycles. The molecule has 1 fully saturated rings. The number of nitrogens with zero attached hydrogens (tertiary/aromatic N) is 3. The molecule has 10 heteroatoms. The molecule has 34 heavy (non-hydrogen) atoms. The summed E-state index contributed by atoms with van der Waals surface area (Å²) in [5, 5.41) is 10.7. The quantitative estimate of drug-likeness (QED) is 0.380. The van der Waals surface area contributed by atoms with E-state index in [2.05, 4.69) is 46.7 Å². The standard InChI is InChI=1S/C24H30BrFN6O2/c1-33-22-15-21-18(24(30-16-29-21)31-20-4-3-17(25)13-19(20)26)14-23(22)34-12-2-9-32-10-7-27-5-6-28-8-11-32/h3-4,13-16,27-28H,2,5-12H2,1H3,(H,29,30,31). The summed E-state index contributed by atoms with van der Waals surface area (Å²) in [5.41, 5.74) is 1.01. The maximum Gasteiger partial charge on any atom is 0.162 e.